The second-order valence-corrected chi connectivity index (χ2v) is 7.21. The summed E-state index contributed by atoms with van der Waals surface area (Å²) < 4.78 is 16.6. The Morgan fingerprint density at radius 1 is 1.17 bits per heavy atom. The molecule has 0 unspecified atom stereocenters. The van der Waals surface area contributed by atoms with Crippen LogP contribution in [0, 0.1) is 6.92 Å². The molecule has 8 heteroatoms. The van der Waals surface area contributed by atoms with E-state index in [2.05, 4.69) is 20.2 Å². The number of aromatic nitrogens is 2. The first kappa shape index (κ1) is 19.6. The predicted molar refractivity (Wildman–Crippen MR) is 109 cm³/mol. The van der Waals surface area contributed by atoms with Crippen molar-refractivity contribution in [3.63, 3.8) is 0 Å². The summed E-state index contributed by atoms with van der Waals surface area (Å²) in [7, 11) is 0. The van der Waals surface area contributed by atoms with Crippen molar-refractivity contribution in [2.45, 2.75) is 32.5 Å². The van der Waals surface area contributed by atoms with E-state index in [1.807, 2.05) is 25.1 Å². The van der Waals surface area contributed by atoms with E-state index in [9.17, 15) is 4.79 Å². The lowest BCUT2D eigenvalue weighted by atomic mass is 10.0. The molecule has 4 rings (SSSR count). The second kappa shape index (κ2) is 8.34. The normalized spacial score (nSPS) is 18.1. The third-order valence-electron chi connectivity index (χ3n) is 5.13. The quantitative estimate of drug-likeness (QED) is 0.769. The van der Waals surface area contributed by atoms with Crippen LogP contribution in [0.4, 0.5) is 17.5 Å². The van der Waals surface area contributed by atoms with E-state index < -0.39 is 5.79 Å². The summed E-state index contributed by atoms with van der Waals surface area (Å²) in [6.07, 6.45) is 1.62. The molecule has 154 valence electrons. The van der Waals surface area contributed by atoms with E-state index in [1.54, 1.807) is 19.1 Å². The highest BCUT2D eigenvalue weighted by molar-refractivity contribution is 5.89. The zero-order valence-corrected chi connectivity index (χ0v) is 16.8. The van der Waals surface area contributed by atoms with Gasteiger partial charge in [-0.15, -0.1) is 0 Å². The molecule has 1 spiro atoms. The van der Waals surface area contributed by atoms with Gasteiger partial charge in [-0.2, -0.15) is 4.98 Å². The van der Waals surface area contributed by atoms with Gasteiger partial charge in [0.2, 0.25) is 5.95 Å². The van der Waals surface area contributed by atoms with E-state index in [-0.39, 0.29) is 5.97 Å². The van der Waals surface area contributed by atoms with Gasteiger partial charge < -0.3 is 24.4 Å². The summed E-state index contributed by atoms with van der Waals surface area (Å²) in [5.41, 5.74) is 2.25. The monoisotopic (exact) mass is 398 g/mol. The zero-order chi connectivity index (χ0) is 20.3. The number of rotatable bonds is 5. The number of carbonyl (C=O) groups excluding carboxylic acids is 1. The van der Waals surface area contributed by atoms with Crippen LogP contribution < -0.4 is 10.2 Å². The van der Waals surface area contributed by atoms with Crippen LogP contribution in [-0.4, -0.2) is 54.6 Å². The lowest BCUT2D eigenvalue weighted by molar-refractivity contribution is -0.169. The highest BCUT2D eigenvalue weighted by atomic mass is 16.7. The van der Waals surface area contributed by atoms with E-state index in [0.717, 1.165) is 37.3 Å². The maximum absolute atomic E-state index is 11.8. The number of esters is 1. The maximum Gasteiger partial charge on any atom is 0.338 e. The van der Waals surface area contributed by atoms with Crippen LogP contribution in [0.1, 0.15) is 35.8 Å². The fraction of sp³-hybridized carbons (Fsp3) is 0.476. The van der Waals surface area contributed by atoms with Crippen LogP contribution in [0.5, 0.6) is 0 Å². The van der Waals surface area contributed by atoms with Crippen molar-refractivity contribution < 1.29 is 19.0 Å². The van der Waals surface area contributed by atoms with Crippen molar-refractivity contribution in [1.82, 2.24) is 9.97 Å². The van der Waals surface area contributed by atoms with Crippen molar-refractivity contribution in [2.24, 2.45) is 0 Å². The van der Waals surface area contributed by atoms with Gasteiger partial charge in [0.1, 0.15) is 5.82 Å². The zero-order valence-electron chi connectivity index (χ0n) is 16.8. The summed E-state index contributed by atoms with van der Waals surface area (Å²) in [5.74, 6) is 0.674. The minimum Gasteiger partial charge on any atom is -0.462 e. The number of aryl methyl sites for hydroxylation is 1. The Balaban J connectivity index is 1.44. The maximum atomic E-state index is 11.8. The molecule has 2 aliphatic rings. The van der Waals surface area contributed by atoms with Crippen LogP contribution in [0.25, 0.3) is 0 Å². The average molecular weight is 398 g/mol. The number of hydrogen-bond donors (Lipinski definition) is 1. The number of nitrogens with zero attached hydrogens (tertiary/aromatic N) is 3. The molecule has 2 aliphatic heterocycles. The Hall–Kier alpha value is -2.71. The van der Waals surface area contributed by atoms with Crippen molar-refractivity contribution in [3.05, 3.63) is 41.6 Å². The molecule has 1 aromatic heterocycles. The van der Waals surface area contributed by atoms with Crippen molar-refractivity contribution in [2.75, 3.05) is 43.1 Å². The number of benzene rings is 1. The smallest absolute Gasteiger partial charge is 0.338 e. The summed E-state index contributed by atoms with van der Waals surface area (Å²) in [6, 6.07) is 9.05. The van der Waals surface area contributed by atoms with Crippen LogP contribution >= 0.6 is 0 Å². The number of piperidine rings is 1. The molecule has 1 N–H and O–H groups in total. The first-order chi connectivity index (χ1) is 14.1. The standard InChI is InChI=1S/C21H26N4O4/c1-3-27-19(26)16-4-6-17(7-5-16)23-18-14-15(2)22-20(24-18)25-10-8-21(9-11-25)28-12-13-29-21/h4-7,14H,3,8-13H2,1-2H3,(H,22,23,24). The Labute approximate surface area is 170 Å². The Morgan fingerprint density at radius 2 is 1.86 bits per heavy atom. The van der Waals surface area contributed by atoms with E-state index >= 15 is 0 Å². The molecule has 0 amide bonds. The number of ether oxygens (including phenoxy) is 3. The molecule has 2 fully saturated rings. The molecule has 0 aliphatic carbocycles. The van der Waals surface area contributed by atoms with Crippen LogP contribution in [0.15, 0.2) is 30.3 Å². The highest BCUT2D eigenvalue weighted by Crippen LogP contribution is 2.32. The van der Waals surface area contributed by atoms with Crippen LogP contribution in [0.3, 0.4) is 0 Å². The van der Waals surface area contributed by atoms with Gasteiger partial charge in [-0.25, -0.2) is 9.78 Å². The fourth-order valence-electron chi connectivity index (χ4n) is 3.64. The number of anilines is 3. The molecular weight excluding hydrogens is 372 g/mol. The van der Waals surface area contributed by atoms with E-state index in [1.165, 1.54) is 0 Å². The topological polar surface area (TPSA) is 85.8 Å². The SMILES string of the molecule is CCOC(=O)c1ccc(Nc2cc(C)nc(N3CCC4(CC3)OCCO4)n2)cc1. The predicted octanol–water partition coefficient (Wildman–Crippen LogP) is 3.05. The summed E-state index contributed by atoms with van der Waals surface area (Å²) in [6.45, 7) is 7.02. The second-order valence-electron chi connectivity index (χ2n) is 7.21. The average Bonchev–Trinajstić information content (AvgIpc) is 3.17. The molecule has 8 nitrogen and oxygen atoms in total. The number of nitrogens with one attached hydrogen (secondary N) is 1. The summed E-state index contributed by atoms with van der Waals surface area (Å²) >= 11 is 0. The van der Waals surface area contributed by atoms with Gasteiger partial charge >= 0.3 is 5.97 Å². The molecule has 3 heterocycles. The highest BCUT2D eigenvalue weighted by Gasteiger charge is 2.40. The number of carbonyl (C=O) groups is 1. The Morgan fingerprint density at radius 3 is 2.52 bits per heavy atom. The largest absolute Gasteiger partial charge is 0.462 e. The number of hydrogen-bond acceptors (Lipinski definition) is 8. The third-order valence-corrected chi connectivity index (χ3v) is 5.13. The molecule has 0 bridgehead atoms. The third kappa shape index (κ3) is 4.49. The van der Waals surface area contributed by atoms with Gasteiger partial charge in [-0.1, -0.05) is 0 Å². The van der Waals surface area contributed by atoms with Crippen molar-refractivity contribution >= 4 is 23.4 Å². The fourth-order valence-corrected chi connectivity index (χ4v) is 3.64. The molecule has 2 aromatic rings. The summed E-state index contributed by atoms with van der Waals surface area (Å²) in [4.78, 5) is 23.2. The minimum absolute atomic E-state index is 0.322. The van der Waals surface area contributed by atoms with Gasteiger partial charge in [-0.3, -0.25) is 0 Å². The first-order valence-corrected chi connectivity index (χ1v) is 10.00. The minimum atomic E-state index is -0.415. The van der Waals surface area contributed by atoms with Crippen molar-refractivity contribution in [1.29, 1.82) is 0 Å². The lowest BCUT2D eigenvalue weighted by Gasteiger charge is -2.37. The van der Waals surface area contributed by atoms with Gasteiger partial charge in [-0.05, 0) is 38.1 Å². The van der Waals surface area contributed by atoms with Gasteiger partial charge in [0.25, 0.3) is 0 Å². The van der Waals surface area contributed by atoms with E-state index in [4.69, 9.17) is 14.2 Å². The van der Waals surface area contributed by atoms with E-state index in [0.29, 0.717) is 37.2 Å². The Bertz CT molecular complexity index is 855. The van der Waals surface area contributed by atoms with Crippen LogP contribution in [0.2, 0.25) is 0 Å². The molecule has 29 heavy (non-hydrogen) atoms. The molecule has 2 saturated heterocycles. The summed E-state index contributed by atoms with van der Waals surface area (Å²) in [5, 5.41) is 3.29. The molecule has 0 saturated carbocycles. The molecule has 0 radical (unpaired) electrons. The molecular formula is C21H26N4O4. The van der Waals surface area contributed by atoms with Crippen LogP contribution in [-0.2, 0) is 14.2 Å². The molecule has 0 atom stereocenters. The first-order valence-electron chi connectivity index (χ1n) is 10.00. The van der Waals surface area contributed by atoms with Gasteiger partial charge in [0, 0.05) is 43.4 Å². The lowest BCUT2D eigenvalue weighted by Crippen LogP contribution is -2.45. The molecule has 1 aromatic carbocycles. The Kier molecular flexibility index (Phi) is 5.64. The van der Waals surface area contributed by atoms with Gasteiger partial charge in [0.15, 0.2) is 5.79 Å². The van der Waals surface area contributed by atoms with Gasteiger partial charge in [0.05, 0.1) is 25.4 Å². The van der Waals surface area contributed by atoms with Crippen molar-refractivity contribution in [3.8, 4) is 0 Å².